The molecule has 0 spiro atoms. The molecular weight excluding hydrogens is 500 g/mol. The summed E-state index contributed by atoms with van der Waals surface area (Å²) in [7, 11) is 1.70. The van der Waals surface area contributed by atoms with Gasteiger partial charge in [-0.15, -0.1) is 0 Å². The molecule has 2 aromatic rings. The van der Waals surface area contributed by atoms with Crippen molar-refractivity contribution >= 4 is 29.3 Å². The van der Waals surface area contributed by atoms with Crippen molar-refractivity contribution < 1.29 is 22.7 Å². The minimum Gasteiger partial charge on any atom is -0.446 e. The monoisotopic (exact) mass is 528 g/mol. The average molecular weight is 529 g/mol. The van der Waals surface area contributed by atoms with Crippen molar-refractivity contribution in [2.24, 2.45) is 5.92 Å². The van der Waals surface area contributed by atoms with Gasteiger partial charge in [-0.05, 0) is 48.9 Å². The second kappa shape index (κ2) is 11.0. The number of alkyl halides is 3. The Morgan fingerprint density at radius 2 is 1.71 bits per heavy atom. The molecule has 0 bridgehead atoms. The van der Waals surface area contributed by atoms with Crippen molar-refractivity contribution in [1.82, 2.24) is 9.80 Å². The molecule has 1 aliphatic heterocycles. The molecule has 2 unspecified atom stereocenters. The molecule has 4 nitrogen and oxygen atoms in total. The lowest BCUT2D eigenvalue weighted by Gasteiger charge is -2.33. The highest BCUT2D eigenvalue weighted by Gasteiger charge is 2.43. The number of rotatable bonds is 5. The third-order valence-corrected chi connectivity index (χ3v) is 7.91. The van der Waals surface area contributed by atoms with Gasteiger partial charge in [-0.3, -0.25) is 4.90 Å². The maximum atomic E-state index is 13.1. The van der Waals surface area contributed by atoms with E-state index in [0.717, 1.165) is 12.1 Å². The fourth-order valence-electron chi connectivity index (χ4n) is 5.17. The van der Waals surface area contributed by atoms with Gasteiger partial charge in [0.05, 0.1) is 22.0 Å². The van der Waals surface area contributed by atoms with Crippen molar-refractivity contribution in [3.8, 4) is 0 Å². The van der Waals surface area contributed by atoms with E-state index in [9.17, 15) is 18.0 Å². The van der Waals surface area contributed by atoms with Crippen LogP contribution < -0.4 is 0 Å². The SMILES string of the molecule is CN(C(=O)OC1CCC(C(F)(F)F)CC1)C1CN(Cc2ccccc2)CC1c1ccc(Cl)c(Cl)c1. The fraction of sp³-hybridized carbons (Fsp3) is 0.500. The largest absolute Gasteiger partial charge is 0.446 e. The van der Waals surface area contributed by atoms with Crippen LogP contribution in [0, 0.1) is 5.92 Å². The number of carbonyl (C=O) groups is 1. The van der Waals surface area contributed by atoms with Crippen molar-refractivity contribution in [1.29, 1.82) is 0 Å². The highest BCUT2D eigenvalue weighted by Crippen LogP contribution is 2.39. The first-order valence-corrected chi connectivity index (χ1v) is 12.6. The molecule has 1 saturated heterocycles. The lowest BCUT2D eigenvalue weighted by molar-refractivity contribution is -0.186. The summed E-state index contributed by atoms with van der Waals surface area (Å²) in [5, 5.41) is 0.921. The van der Waals surface area contributed by atoms with E-state index < -0.39 is 24.3 Å². The van der Waals surface area contributed by atoms with Crippen LogP contribution in [-0.2, 0) is 11.3 Å². The van der Waals surface area contributed by atoms with Crippen LogP contribution in [0.25, 0.3) is 0 Å². The Morgan fingerprint density at radius 1 is 1.03 bits per heavy atom. The molecule has 1 heterocycles. The lowest BCUT2D eigenvalue weighted by Crippen LogP contribution is -2.43. The molecule has 2 aliphatic rings. The zero-order valence-electron chi connectivity index (χ0n) is 19.5. The van der Waals surface area contributed by atoms with E-state index in [2.05, 4.69) is 17.0 Å². The highest BCUT2D eigenvalue weighted by atomic mass is 35.5. The van der Waals surface area contributed by atoms with Gasteiger partial charge in [0, 0.05) is 32.6 Å². The number of halogens is 5. The maximum Gasteiger partial charge on any atom is 0.410 e. The second-order valence-electron chi connectivity index (χ2n) is 9.54. The van der Waals surface area contributed by atoms with E-state index >= 15 is 0 Å². The van der Waals surface area contributed by atoms with Crippen LogP contribution in [0.15, 0.2) is 48.5 Å². The van der Waals surface area contributed by atoms with Crippen LogP contribution in [-0.4, -0.2) is 54.4 Å². The van der Waals surface area contributed by atoms with Crippen LogP contribution in [0.2, 0.25) is 10.0 Å². The van der Waals surface area contributed by atoms with Crippen molar-refractivity contribution in [2.45, 2.75) is 56.5 Å². The third-order valence-electron chi connectivity index (χ3n) is 7.18. The topological polar surface area (TPSA) is 32.8 Å². The first kappa shape index (κ1) is 26.1. The predicted octanol–water partition coefficient (Wildman–Crippen LogP) is 7.15. The summed E-state index contributed by atoms with van der Waals surface area (Å²) in [6.07, 6.45) is -4.75. The van der Waals surface area contributed by atoms with Gasteiger partial charge in [0.15, 0.2) is 0 Å². The van der Waals surface area contributed by atoms with Gasteiger partial charge in [-0.25, -0.2) is 4.79 Å². The summed E-state index contributed by atoms with van der Waals surface area (Å²) in [5.74, 6) is -1.33. The first-order chi connectivity index (χ1) is 16.6. The quantitative estimate of drug-likeness (QED) is 0.413. The van der Waals surface area contributed by atoms with Gasteiger partial charge in [-0.1, -0.05) is 59.6 Å². The number of likely N-dealkylation sites (tertiary alicyclic amines) is 1. The molecule has 1 saturated carbocycles. The minimum absolute atomic E-state index is 0.00859. The summed E-state index contributed by atoms with van der Waals surface area (Å²) in [5.41, 5.74) is 2.15. The van der Waals surface area contributed by atoms with Gasteiger partial charge < -0.3 is 9.64 Å². The van der Waals surface area contributed by atoms with Crippen LogP contribution in [0.3, 0.4) is 0 Å². The molecule has 0 radical (unpaired) electrons. The second-order valence-corrected chi connectivity index (χ2v) is 10.4. The molecule has 0 N–H and O–H groups in total. The number of nitrogens with zero attached hydrogens (tertiary/aromatic N) is 2. The van der Waals surface area contributed by atoms with E-state index in [-0.39, 0.29) is 37.6 Å². The molecular formula is C26H29Cl2F3N2O2. The van der Waals surface area contributed by atoms with Gasteiger partial charge in [0.1, 0.15) is 6.10 Å². The molecule has 35 heavy (non-hydrogen) atoms. The molecule has 190 valence electrons. The van der Waals surface area contributed by atoms with Crippen LogP contribution >= 0.6 is 23.2 Å². The zero-order valence-corrected chi connectivity index (χ0v) is 21.0. The van der Waals surface area contributed by atoms with Crippen molar-refractivity contribution in [3.05, 3.63) is 69.7 Å². The smallest absolute Gasteiger partial charge is 0.410 e. The number of benzene rings is 2. The van der Waals surface area contributed by atoms with E-state index in [4.69, 9.17) is 27.9 Å². The Labute approximate surface area is 213 Å². The Morgan fingerprint density at radius 3 is 2.34 bits per heavy atom. The molecule has 2 fully saturated rings. The Hall–Kier alpha value is -1.96. The maximum absolute atomic E-state index is 13.1. The molecule has 4 rings (SSSR count). The lowest BCUT2D eigenvalue weighted by atomic mass is 9.87. The Kier molecular flexibility index (Phi) is 8.19. The van der Waals surface area contributed by atoms with E-state index in [1.54, 1.807) is 18.0 Å². The van der Waals surface area contributed by atoms with E-state index in [0.29, 0.717) is 23.1 Å². The Balaban J connectivity index is 1.45. The summed E-state index contributed by atoms with van der Waals surface area (Å²) in [6.45, 7) is 2.08. The molecule has 0 aromatic heterocycles. The van der Waals surface area contributed by atoms with Crippen LogP contribution in [0.4, 0.5) is 18.0 Å². The number of hydrogen-bond donors (Lipinski definition) is 0. The minimum atomic E-state index is -4.19. The average Bonchev–Trinajstić information content (AvgIpc) is 3.24. The summed E-state index contributed by atoms with van der Waals surface area (Å²) < 4.78 is 44.6. The summed E-state index contributed by atoms with van der Waals surface area (Å²) in [6, 6.07) is 15.4. The normalized spacial score (nSPS) is 25.4. The molecule has 1 aliphatic carbocycles. The van der Waals surface area contributed by atoms with Crippen LogP contribution in [0.5, 0.6) is 0 Å². The predicted molar refractivity (Wildman–Crippen MR) is 131 cm³/mol. The van der Waals surface area contributed by atoms with Gasteiger partial charge >= 0.3 is 12.3 Å². The molecule has 2 atom stereocenters. The number of hydrogen-bond acceptors (Lipinski definition) is 3. The fourth-order valence-corrected chi connectivity index (χ4v) is 5.48. The number of amides is 1. The summed E-state index contributed by atoms with van der Waals surface area (Å²) >= 11 is 12.4. The highest BCUT2D eigenvalue weighted by molar-refractivity contribution is 6.42. The van der Waals surface area contributed by atoms with E-state index in [1.165, 1.54) is 5.56 Å². The molecule has 1 amide bonds. The number of likely N-dealkylation sites (N-methyl/N-ethyl adjacent to an activating group) is 1. The van der Waals surface area contributed by atoms with E-state index in [1.807, 2.05) is 30.3 Å². The molecule has 2 aromatic carbocycles. The van der Waals surface area contributed by atoms with Gasteiger partial charge in [0.25, 0.3) is 0 Å². The summed E-state index contributed by atoms with van der Waals surface area (Å²) in [4.78, 5) is 16.9. The van der Waals surface area contributed by atoms with Gasteiger partial charge in [0.2, 0.25) is 0 Å². The Bertz CT molecular complexity index is 1010. The molecule has 9 heteroatoms. The zero-order chi connectivity index (χ0) is 25.2. The number of ether oxygens (including phenoxy) is 1. The third kappa shape index (κ3) is 6.43. The van der Waals surface area contributed by atoms with Crippen molar-refractivity contribution in [3.63, 3.8) is 0 Å². The van der Waals surface area contributed by atoms with Crippen LogP contribution in [0.1, 0.15) is 42.7 Å². The first-order valence-electron chi connectivity index (χ1n) is 11.8. The van der Waals surface area contributed by atoms with Crippen molar-refractivity contribution in [2.75, 3.05) is 20.1 Å². The standard InChI is InChI=1S/C26H29Cl2F3N2O2/c1-32(25(34)35-20-10-8-19(9-11-20)26(29,30)31)24-16-33(14-17-5-3-2-4-6-17)15-21(24)18-7-12-22(27)23(28)13-18/h2-7,12-13,19-21,24H,8-11,14-16H2,1H3. The van der Waals surface area contributed by atoms with Gasteiger partial charge in [-0.2, -0.15) is 13.2 Å². The number of carbonyl (C=O) groups excluding carboxylic acids is 1.